The lowest BCUT2D eigenvalue weighted by molar-refractivity contribution is -0.402. The smallest absolute Gasteiger partial charge is 0.395 e. The van der Waals surface area contributed by atoms with Crippen molar-refractivity contribution in [3.63, 3.8) is 0 Å². The maximum atomic E-state index is 12.0. The van der Waals surface area contributed by atoms with Gasteiger partial charge in [-0.3, -0.25) is 14.9 Å². The molecule has 1 fully saturated rings. The minimum absolute atomic E-state index is 0.0139. The Hall–Kier alpha value is -2.36. The summed E-state index contributed by atoms with van der Waals surface area (Å²) >= 11 is 0. The molecule has 0 unspecified atom stereocenters. The van der Waals surface area contributed by atoms with Crippen LogP contribution in [0, 0.1) is 27.4 Å². The number of nitro groups is 1. The molecule has 18 heavy (non-hydrogen) atoms. The molecule has 1 saturated heterocycles. The number of carbonyl (C=O) groups excluding carboxylic acids is 1. The number of hydrogen-bond donors (Lipinski definition) is 0. The molecule has 0 aromatic carbocycles. The van der Waals surface area contributed by atoms with Gasteiger partial charge < -0.3 is 9.32 Å². The SMILES string of the molecule is N#CC1CCN(C(=O)c2ccc([N+](=O)[O-])o2)CC1. The van der Waals surface area contributed by atoms with Crippen LogP contribution in [0.2, 0.25) is 0 Å². The van der Waals surface area contributed by atoms with E-state index in [4.69, 9.17) is 9.68 Å². The molecule has 0 radical (unpaired) electrons. The Morgan fingerprint density at radius 3 is 2.67 bits per heavy atom. The van der Waals surface area contributed by atoms with E-state index in [1.807, 2.05) is 0 Å². The molecule has 7 heteroatoms. The highest BCUT2D eigenvalue weighted by atomic mass is 16.6. The van der Waals surface area contributed by atoms with Crippen LogP contribution in [0.3, 0.4) is 0 Å². The van der Waals surface area contributed by atoms with E-state index in [2.05, 4.69) is 6.07 Å². The fourth-order valence-corrected chi connectivity index (χ4v) is 1.91. The molecule has 1 aliphatic heterocycles. The summed E-state index contributed by atoms with van der Waals surface area (Å²) in [5, 5.41) is 19.2. The van der Waals surface area contributed by atoms with Crippen LogP contribution < -0.4 is 0 Å². The Kier molecular flexibility index (Phi) is 3.28. The number of hydrogen-bond acceptors (Lipinski definition) is 5. The number of furan rings is 1. The van der Waals surface area contributed by atoms with Crippen LogP contribution in [0.15, 0.2) is 16.5 Å². The summed E-state index contributed by atoms with van der Waals surface area (Å²) in [6.45, 7) is 0.955. The van der Waals surface area contributed by atoms with Crippen LogP contribution in [0.1, 0.15) is 23.4 Å². The molecule has 1 aliphatic rings. The van der Waals surface area contributed by atoms with Crippen LogP contribution in [0.25, 0.3) is 0 Å². The fourth-order valence-electron chi connectivity index (χ4n) is 1.91. The van der Waals surface area contributed by atoms with Crippen molar-refractivity contribution in [2.24, 2.45) is 5.92 Å². The van der Waals surface area contributed by atoms with Gasteiger partial charge in [0.25, 0.3) is 5.91 Å². The van der Waals surface area contributed by atoms with Crippen molar-refractivity contribution < 1.29 is 14.1 Å². The predicted octanol–water partition coefficient (Wildman–Crippen LogP) is 1.56. The summed E-state index contributed by atoms with van der Waals surface area (Å²) in [6.07, 6.45) is 1.26. The zero-order chi connectivity index (χ0) is 13.1. The molecule has 0 aliphatic carbocycles. The second-order valence-electron chi connectivity index (χ2n) is 4.09. The Morgan fingerprint density at radius 2 is 2.17 bits per heavy atom. The summed E-state index contributed by atoms with van der Waals surface area (Å²) in [5.74, 6) is -0.846. The Bertz CT molecular complexity index is 509. The van der Waals surface area contributed by atoms with Gasteiger partial charge in [-0.05, 0) is 18.9 Å². The molecular formula is C11H11N3O4. The summed E-state index contributed by atoms with van der Waals surface area (Å²) in [6, 6.07) is 4.64. The first-order chi connectivity index (χ1) is 8.61. The number of carbonyl (C=O) groups is 1. The number of nitriles is 1. The number of rotatable bonds is 2. The average molecular weight is 249 g/mol. The van der Waals surface area contributed by atoms with Gasteiger partial charge >= 0.3 is 5.88 Å². The fraction of sp³-hybridized carbons (Fsp3) is 0.455. The quantitative estimate of drug-likeness (QED) is 0.584. The van der Waals surface area contributed by atoms with Gasteiger partial charge in [0.1, 0.15) is 4.92 Å². The highest BCUT2D eigenvalue weighted by Crippen LogP contribution is 2.21. The lowest BCUT2D eigenvalue weighted by atomic mass is 9.98. The minimum Gasteiger partial charge on any atom is -0.395 e. The van der Waals surface area contributed by atoms with E-state index in [9.17, 15) is 14.9 Å². The monoisotopic (exact) mass is 249 g/mol. The second-order valence-corrected chi connectivity index (χ2v) is 4.09. The first kappa shape index (κ1) is 12.1. The van der Waals surface area contributed by atoms with Gasteiger partial charge in [0.15, 0.2) is 5.76 Å². The molecule has 0 bridgehead atoms. The lowest BCUT2D eigenvalue weighted by Crippen LogP contribution is -2.38. The van der Waals surface area contributed by atoms with Gasteiger partial charge in [-0.25, -0.2) is 0 Å². The van der Waals surface area contributed by atoms with Crippen LogP contribution in [-0.2, 0) is 0 Å². The molecule has 94 valence electrons. The van der Waals surface area contributed by atoms with Gasteiger partial charge in [0.05, 0.1) is 12.1 Å². The third-order valence-corrected chi connectivity index (χ3v) is 2.95. The summed E-state index contributed by atoms with van der Waals surface area (Å²) in [4.78, 5) is 23.3. The van der Waals surface area contributed by atoms with E-state index in [0.717, 1.165) is 6.07 Å². The Labute approximate surface area is 103 Å². The summed E-state index contributed by atoms with van der Waals surface area (Å²) in [7, 11) is 0. The Balaban J connectivity index is 2.03. The number of nitrogens with zero attached hydrogens (tertiary/aromatic N) is 3. The first-order valence-electron chi connectivity index (χ1n) is 5.55. The third-order valence-electron chi connectivity index (χ3n) is 2.95. The van der Waals surface area contributed by atoms with Crippen molar-refractivity contribution in [1.82, 2.24) is 4.90 Å². The third kappa shape index (κ3) is 2.32. The van der Waals surface area contributed by atoms with Crippen molar-refractivity contribution in [3.05, 3.63) is 28.0 Å². The molecule has 2 rings (SSSR count). The van der Waals surface area contributed by atoms with Gasteiger partial charge in [0.2, 0.25) is 0 Å². The van der Waals surface area contributed by atoms with Crippen molar-refractivity contribution in [1.29, 1.82) is 5.26 Å². The van der Waals surface area contributed by atoms with Crippen molar-refractivity contribution >= 4 is 11.8 Å². The highest BCUT2D eigenvalue weighted by Gasteiger charge is 2.26. The van der Waals surface area contributed by atoms with Crippen LogP contribution in [0.4, 0.5) is 5.88 Å². The molecule has 1 aromatic heterocycles. The molecule has 0 spiro atoms. The van der Waals surface area contributed by atoms with Crippen LogP contribution >= 0.6 is 0 Å². The normalized spacial score (nSPS) is 16.3. The molecule has 0 N–H and O–H groups in total. The van der Waals surface area contributed by atoms with Crippen molar-refractivity contribution in [2.75, 3.05) is 13.1 Å². The molecule has 2 heterocycles. The molecule has 0 saturated carbocycles. The predicted molar refractivity (Wildman–Crippen MR) is 59.6 cm³/mol. The number of amides is 1. The number of piperidine rings is 1. The van der Waals surface area contributed by atoms with Crippen molar-refractivity contribution in [2.45, 2.75) is 12.8 Å². The van der Waals surface area contributed by atoms with E-state index < -0.39 is 10.8 Å². The topological polar surface area (TPSA) is 100 Å². The average Bonchev–Trinajstić information content (AvgIpc) is 2.88. The van der Waals surface area contributed by atoms with E-state index in [1.165, 1.54) is 6.07 Å². The van der Waals surface area contributed by atoms with Gasteiger partial charge in [0, 0.05) is 19.0 Å². The van der Waals surface area contributed by atoms with Crippen molar-refractivity contribution in [3.8, 4) is 6.07 Å². The van der Waals surface area contributed by atoms with Gasteiger partial charge in [-0.15, -0.1) is 0 Å². The van der Waals surface area contributed by atoms with E-state index >= 15 is 0 Å². The molecule has 1 amide bonds. The molecule has 0 atom stereocenters. The zero-order valence-corrected chi connectivity index (χ0v) is 9.54. The molecule has 7 nitrogen and oxygen atoms in total. The Morgan fingerprint density at radius 1 is 1.50 bits per heavy atom. The maximum Gasteiger partial charge on any atom is 0.433 e. The first-order valence-corrected chi connectivity index (χ1v) is 5.55. The largest absolute Gasteiger partial charge is 0.433 e. The maximum absolute atomic E-state index is 12.0. The van der Waals surface area contributed by atoms with E-state index in [0.29, 0.717) is 25.9 Å². The second kappa shape index (κ2) is 4.87. The van der Waals surface area contributed by atoms with Crippen LogP contribution in [0.5, 0.6) is 0 Å². The molecular weight excluding hydrogens is 238 g/mol. The number of likely N-dealkylation sites (tertiary alicyclic amines) is 1. The lowest BCUT2D eigenvalue weighted by Gasteiger charge is -2.28. The van der Waals surface area contributed by atoms with E-state index in [1.54, 1.807) is 4.90 Å². The minimum atomic E-state index is -0.682. The zero-order valence-electron chi connectivity index (χ0n) is 9.54. The highest BCUT2D eigenvalue weighted by molar-refractivity contribution is 5.91. The van der Waals surface area contributed by atoms with E-state index in [-0.39, 0.29) is 17.6 Å². The summed E-state index contributed by atoms with van der Waals surface area (Å²) < 4.78 is 4.86. The molecule has 1 aromatic rings. The van der Waals surface area contributed by atoms with Gasteiger partial charge in [-0.2, -0.15) is 5.26 Å². The van der Waals surface area contributed by atoms with Gasteiger partial charge in [-0.1, -0.05) is 0 Å². The summed E-state index contributed by atoms with van der Waals surface area (Å²) in [5.41, 5.74) is 0. The van der Waals surface area contributed by atoms with Crippen LogP contribution in [-0.4, -0.2) is 28.8 Å². The standard InChI is InChI=1S/C11H11N3O4/c12-7-8-3-5-13(6-4-8)11(15)9-1-2-10(18-9)14(16)17/h1-2,8H,3-6H2.